The summed E-state index contributed by atoms with van der Waals surface area (Å²) < 4.78 is 3.89. The zero-order chi connectivity index (χ0) is 12.6. The first kappa shape index (κ1) is 15.1. The van der Waals surface area contributed by atoms with Crippen molar-refractivity contribution in [2.75, 3.05) is 7.11 Å². The Morgan fingerprint density at radius 3 is 2.38 bits per heavy atom. The van der Waals surface area contributed by atoms with Crippen molar-refractivity contribution >= 4 is 29.3 Å². The molecule has 0 unspecified atom stereocenters. The lowest BCUT2D eigenvalue weighted by molar-refractivity contribution is 0.182. The van der Waals surface area contributed by atoms with Gasteiger partial charge >= 0.3 is 6.09 Å². The second kappa shape index (κ2) is 8.25. The van der Waals surface area contributed by atoms with Gasteiger partial charge in [0.1, 0.15) is 0 Å². The molecule has 0 aliphatic heterocycles. The number of aryl methyl sites for hydroxylation is 1. The summed E-state index contributed by atoms with van der Waals surface area (Å²) in [5, 5.41) is 1.48. The number of ether oxygens (including phenoxy) is 1. The zero-order valence-electron chi connectivity index (χ0n) is 9.30. The molecule has 1 aromatic carbocycles. The lowest BCUT2D eigenvalue weighted by Crippen LogP contribution is -2.08. The maximum Gasteiger partial charge on any atom is 0.404 e. The van der Waals surface area contributed by atoms with Gasteiger partial charge in [-0.05, 0) is 24.1 Å². The van der Waals surface area contributed by atoms with Crippen LogP contribution in [0.1, 0.15) is 18.9 Å². The normalized spacial score (nSPS) is 9.00. The van der Waals surface area contributed by atoms with Crippen LogP contribution in [0, 0.1) is 0 Å². The standard InChI is InChI=1S/C9H10Cl2.C2H5NO2/c1-2-3-7-4-5-8(10)6-9(7)11;1-5-2(3)4/h4-6H,2-3H2,1H3;1H3,(H2,3,4). The van der Waals surface area contributed by atoms with Crippen molar-refractivity contribution < 1.29 is 9.53 Å². The van der Waals surface area contributed by atoms with E-state index in [2.05, 4.69) is 17.4 Å². The van der Waals surface area contributed by atoms with Crippen LogP contribution in [0.3, 0.4) is 0 Å². The van der Waals surface area contributed by atoms with E-state index in [1.165, 1.54) is 12.7 Å². The van der Waals surface area contributed by atoms with Crippen molar-refractivity contribution in [1.29, 1.82) is 0 Å². The highest BCUT2D eigenvalue weighted by Crippen LogP contribution is 2.21. The Morgan fingerprint density at radius 1 is 1.44 bits per heavy atom. The summed E-state index contributed by atoms with van der Waals surface area (Å²) in [6, 6.07) is 5.64. The summed E-state index contributed by atoms with van der Waals surface area (Å²) in [5.74, 6) is 0. The Balaban J connectivity index is 0.000000385. The van der Waals surface area contributed by atoms with Crippen LogP contribution in [-0.2, 0) is 11.2 Å². The number of halogens is 2. The van der Waals surface area contributed by atoms with Gasteiger partial charge in [-0.1, -0.05) is 42.6 Å². The second-order valence-electron chi connectivity index (χ2n) is 3.01. The molecule has 0 aliphatic carbocycles. The molecule has 0 aromatic heterocycles. The number of methoxy groups -OCH3 is 1. The van der Waals surface area contributed by atoms with Crippen molar-refractivity contribution in [1.82, 2.24) is 0 Å². The molecule has 0 radical (unpaired) electrons. The number of hydrogen-bond donors (Lipinski definition) is 1. The smallest absolute Gasteiger partial charge is 0.404 e. The van der Waals surface area contributed by atoms with Gasteiger partial charge in [-0.25, -0.2) is 4.79 Å². The van der Waals surface area contributed by atoms with E-state index < -0.39 is 6.09 Å². The Labute approximate surface area is 105 Å². The quantitative estimate of drug-likeness (QED) is 0.886. The maximum absolute atomic E-state index is 9.37. The average Bonchev–Trinajstić information content (AvgIpc) is 2.23. The van der Waals surface area contributed by atoms with Crippen LogP contribution in [0.15, 0.2) is 18.2 Å². The van der Waals surface area contributed by atoms with E-state index in [-0.39, 0.29) is 0 Å². The van der Waals surface area contributed by atoms with Gasteiger partial charge in [-0.15, -0.1) is 0 Å². The van der Waals surface area contributed by atoms with Crippen molar-refractivity contribution in [2.24, 2.45) is 5.73 Å². The molecular weight excluding hydrogens is 249 g/mol. The summed E-state index contributed by atoms with van der Waals surface area (Å²) in [7, 11) is 1.22. The molecule has 0 saturated carbocycles. The van der Waals surface area contributed by atoms with Gasteiger partial charge in [0.25, 0.3) is 0 Å². The predicted octanol–water partition coefficient (Wildman–Crippen LogP) is 3.66. The van der Waals surface area contributed by atoms with Gasteiger partial charge in [-0.3, -0.25) is 0 Å². The van der Waals surface area contributed by atoms with Gasteiger partial charge in [0.2, 0.25) is 0 Å². The molecule has 90 valence electrons. The van der Waals surface area contributed by atoms with Crippen LogP contribution < -0.4 is 5.73 Å². The highest BCUT2D eigenvalue weighted by molar-refractivity contribution is 6.35. The molecule has 0 saturated heterocycles. The number of rotatable bonds is 2. The molecule has 1 aromatic rings. The number of hydrogen-bond acceptors (Lipinski definition) is 2. The molecule has 1 rings (SSSR count). The lowest BCUT2D eigenvalue weighted by Gasteiger charge is -2.01. The molecule has 5 heteroatoms. The molecule has 0 spiro atoms. The van der Waals surface area contributed by atoms with Gasteiger partial charge in [0.15, 0.2) is 0 Å². The van der Waals surface area contributed by atoms with E-state index in [1.807, 2.05) is 12.1 Å². The third-order valence-electron chi connectivity index (χ3n) is 1.74. The molecule has 16 heavy (non-hydrogen) atoms. The molecule has 3 nitrogen and oxygen atoms in total. The zero-order valence-corrected chi connectivity index (χ0v) is 10.8. The Kier molecular flexibility index (Phi) is 7.77. The first-order valence-electron chi connectivity index (χ1n) is 4.78. The van der Waals surface area contributed by atoms with Crippen molar-refractivity contribution in [2.45, 2.75) is 19.8 Å². The van der Waals surface area contributed by atoms with Gasteiger partial charge in [0.05, 0.1) is 7.11 Å². The van der Waals surface area contributed by atoms with Crippen molar-refractivity contribution in [3.8, 4) is 0 Å². The predicted molar refractivity (Wildman–Crippen MR) is 67.0 cm³/mol. The summed E-state index contributed by atoms with van der Waals surface area (Å²) in [6.45, 7) is 2.13. The van der Waals surface area contributed by atoms with Crippen molar-refractivity contribution in [3.05, 3.63) is 33.8 Å². The van der Waals surface area contributed by atoms with E-state index in [0.29, 0.717) is 5.02 Å². The van der Waals surface area contributed by atoms with Crippen LogP contribution >= 0.6 is 23.2 Å². The highest BCUT2D eigenvalue weighted by atomic mass is 35.5. The summed E-state index contributed by atoms with van der Waals surface area (Å²) >= 11 is 11.7. The summed E-state index contributed by atoms with van der Waals surface area (Å²) in [5.41, 5.74) is 5.61. The Bertz CT molecular complexity index is 343. The number of amides is 1. The first-order chi connectivity index (χ1) is 7.51. The topological polar surface area (TPSA) is 52.3 Å². The number of carbonyl (C=O) groups excluding carboxylic acids is 1. The molecule has 0 aliphatic rings. The number of primary amides is 1. The van der Waals surface area contributed by atoms with E-state index in [9.17, 15) is 4.79 Å². The number of nitrogens with two attached hydrogens (primary N) is 1. The Morgan fingerprint density at radius 2 is 2.00 bits per heavy atom. The highest BCUT2D eigenvalue weighted by Gasteiger charge is 1.98. The van der Waals surface area contributed by atoms with E-state index in [1.54, 1.807) is 6.07 Å². The van der Waals surface area contributed by atoms with Crippen molar-refractivity contribution in [3.63, 3.8) is 0 Å². The van der Waals surface area contributed by atoms with E-state index in [4.69, 9.17) is 23.2 Å². The SMILES string of the molecule is CCCc1ccc(Cl)cc1Cl.COC(N)=O. The fourth-order valence-electron chi connectivity index (χ4n) is 0.994. The molecule has 1 amide bonds. The number of benzene rings is 1. The number of carbonyl (C=O) groups is 1. The molecule has 0 heterocycles. The van der Waals surface area contributed by atoms with Gasteiger partial charge < -0.3 is 10.5 Å². The van der Waals surface area contributed by atoms with E-state index in [0.717, 1.165) is 17.9 Å². The summed E-state index contributed by atoms with van der Waals surface area (Å²) in [6.07, 6.45) is 1.39. The van der Waals surface area contributed by atoms with E-state index >= 15 is 0 Å². The van der Waals surface area contributed by atoms with Crippen LogP contribution in [0.4, 0.5) is 4.79 Å². The van der Waals surface area contributed by atoms with Crippen LogP contribution in [0.2, 0.25) is 10.0 Å². The van der Waals surface area contributed by atoms with Crippen LogP contribution in [0.25, 0.3) is 0 Å². The fraction of sp³-hybridized carbons (Fsp3) is 0.364. The lowest BCUT2D eigenvalue weighted by atomic mass is 10.1. The first-order valence-corrected chi connectivity index (χ1v) is 5.54. The Hall–Kier alpha value is -0.930. The van der Waals surface area contributed by atoms with Crippen LogP contribution in [-0.4, -0.2) is 13.2 Å². The second-order valence-corrected chi connectivity index (χ2v) is 3.85. The molecule has 0 bridgehead atoms. The minimum absolute atomic E-state index is 0.704. The minimum atomic E-state index is -0.745. The fourth-order valence-corrected chi connectivity index (χ4v) is 1.50. The average molecular weight is 264 g/mol. The maximum atomic E-state index is 9.37. The molecule has 0 atom stereocenters. The molecule has 2 N–H and O–H groups in total. The third kappa shape index (κ3) is 6.53. The third-order valence-corrected chi connectivity index (χ3v) is 2.32. The van der Waals surface area contributed by atoms with Gasteiger partial charge in [0, 0.05) is 10.0 Å². The van der Waals surface area contributed by atoms with Crippen LogP contribution in [0.5, 0.6) is 0 Å². The monoisotopic (exact) mass is 263 g/mol. The largest absolute Gasteiger partial charge is 0.453 e. The summed E-state index contributed by atoms with van der Waals surface area (Å²) in [4.78, 5) is 9.37. The minimum Gasteiger partial charge on any atom is -0.453 e. The molecule has 0 fully saturated rings. The van der Waals surface area contributed by atoms with Gasteiger partial charge in [-0.2, -0.15) is 0 Å². The molecular formula is C11H15Cl2NO2.